The zero-order valence-electron chi connectivity index (χ0n) is 11.5. The van der Waals surface area contributed by atoms with Crippen LogP contribution in [0.3, 0.4) is 0 Å². The number of nitrogens with zero attached hydrogens (tertiary/aromatic N) is 1. The van der Waals surface area contributed by atoms with Gasteiger partial charge in [-0.2, -0.15) is 0 Å². The van der Waals surface area contributed by atoms with Crippen LogP contribution in [0.5, 0.6) is 5.75 Å². The Morgan fingerprint density at radius 1 is 1.47 bits per heavy atom. The van der Waals surface area contributed by atoms with E-state index in [1.807, 2.05) is 0 Å². The first-order chi connectivity index (χ1) is 8.99. The van der Waals surface area contributed by atoms with Crippen LogP contribution in [-0.4, -0.2) is 29.6 Å². The Morgan fingerprint density at radius 3 is 2.95 bits per heavy atom. The van der Waals surface area contributed by atoms with Gasteiger partial charge >= 0.3 is 0 Å². The van der Waals surface area contributed by atoms with E-state index in [-0.39, 0.29) is 17.5 Å². The predicted molar refractivity (Wildman–Crippen MR) is 72.6 cm³/mol. The van der Waals surface area contributed by atoms with Crippen molar-refractivity contribution in [3.05, 3.63) is 29.6 Å². The Labute approximate surface area is 113 Å². The van der Waals surface area contributed by atoms with Gasteiger partial charge in [-0.3, -0.25) is 4.90 Å². The molecule has 1 aromatic rings. The van der Waals surface area contributed by atoms with Crippen LogP contribution in [-0.2, 0) is 0 Å². The third kappa shape index (κ3) is 2.23. The molecule has 2 atom stereocenters. The molecule has 3 rings (SSSR count). The van der Waals surface area contributed by atoms with Crippen LogP contribution in [0.1, 0.15) is 38.3 Å². The lowest BCUT2D eigenvalue weighted by molar-refractivity contribution is 0.0406. The molecule has 0 saturated carbocycles. The second-order valence-corrected chi connectivity index (χ2v) is 6.09. The highest BCUT2D eigenvalue weighted by atomic mass is 19.1. The van der Waals surface area contributed by atoms with Gasteiger partial charge in [-0.25, -0.2) is 4.39 Å². The molecule has 1 aromatic carbocycles. The molecule has 0 aliphatic carbocycles. The van der Waals surface area contributed by atoms with Gasteiger partial charge in [0.1, 0.15) is 17.2 Å². The fraction of sp³-hybridized carbons (Fsp3) is 0.600. The third-order valence-corrected chi connectivity index (χ3v) is 4.37. The van der Waals surface area contributed by atoms with E-state index < -0.39 is 0 Å². The van der Waals surface area contributed by atoms with Crippen molar-refractivity contribution in [2.24, 2.45) is 5.73 Å². The summed E-state index contributed by atoms with van der Waals surface area (Å²) in [5, 5.41) is 0. The largest absolute Gasteiger partial charge is 0.485 e. The monoisotopic (exact) mass is 264 g/mol. The standard InChI is InChI=1S/C15H21FN2O/c1-10(2)18-6-5-15(9-18)8-13(17)12-4-3-11(16)7-14(12)19-15/h3-4,7,10,13H,5-6,8-9,17H2,1-2H3/t13-,15?/m0/s1. The van der Waals surface area contributed by atoms with Crippen LogP contribution in [0, 0.1) is 5.82 Å². The van der Waals surface area contributed by atoms with Gasteiger partial charge in [0.2, 0.25) is 0 Å². The number of halogens is 1. The molecule has 1 spiro atoms. The van der Waals surface area contributed by atoms with Gasteiger partial charge in [-0.05, 0) is 19.9 Å². The fourth-order valence-corrected chi connectivity index (χ4v) is 3.25. The molecule has 4 heteroatoms. The zero-order chi connectivity index (χ0) is 13.6. The molecule has 1 saturated heterocycles. The van der Waals surface area contributed by atoms with Crippen LogP contribution in [0.2, 0.25) is 0 Å². The van der Waals surface area contributed by atoms with Gasteiger partial charge in [0, 0.05) is 49.6 Å². The summed E-state index contributed by atoms with van der Waals surface area (Å²) >= 11 is 0. The van der Waals surface area contributed by atoms with Crippen LogP contribution >= 0.6 is 0 Å². The first-order valence-electron chi connectivity index (χ1n) is 6.97. The first-order valence-corrected chi connectivity index (χ1v) is 6.97. The van der Waals surface area contributed by atoms with Crippen molar-refractivity contribution < 1.29 is 9.13 Å². The molecule has 1 fully saturated rings. The summed E-state index contributed by atoms with van der Waals surface area (Å²) in [6.07, 6.45) is 1.78. The van der Waals surface area contributed by atoms with Crippen molar-refractivity contribution in [2.75, 3.05) is 13.1 Å². The Morgan fingerprint density at radius 2 is 2.26 bits per heavy atom. The van der Waals surface area contributed by atoms with Crippen molar-refractivity contribution in [1.29, 1.82) is 0 Å². The lowest BCUT2D eigenvalue weighted by Crippen LogP contribution is -2.46. The first kappa shape index (κ1) is 12.9. The molecule has 2 N–H and O–H groups in total. The smallest absolute Gasteiger partial charge is 0.127 e. The van der Waals surface area contributed by atoms with Gasteiger partial charge in [0.05, 0.1) is 0 Å². The molecule has 2 heterocycles. The maximum absolute atomic E-state index is 13.4. The van der Waals surface area contributed by atoms with E-state index in [9.17, 15) is 4.39 Å². The van der Waals surface area contributed by atoms with Crippen molar-refractivity contribution in [3.8, 4) is 5.75 Å². The average Bonchev–Trinajstić information content (AvgIpc) is 2.72. The molecular formula is C15H21FN2O. The minimum Gasteiger partial charge on any atom is -0.485 e. The van der Waals surface area contributed by atoms with E-state index >= 15 is 0 Å². The topological polar surface area (TPSA) is 38.5 Å². The number of ether oxygens (including phenoxy) is 1. The number of likely N-dealkylation sites (tertiary alicyclic amines) is 1. The highest BCUT2D eigenvalue weighted by molar-refractivity contribution is 5.39. The highest BCUT2D eigenvalue weighted by Crippen LogP contribution is 2.43. The summed E-state index contributed by atoms with van der Waals surface area (Å²) < 4.78 is 19.5. The normalized spacial score (nSPS) is 30.7. The molecule has 2 aliphatic heterocycles. The van der Waals surface area contributed by atoms with Crippen molar-refractivity contribution in [3.63, 3.8) is 0 Å². The van der Waals surface area contributed by atoms with E-state index in [1.165, 1.54) is 12.1 Å². The average molecular weight is 264 g/mol. The maximum Gasteiger partial charge on any atom is 0.127 e. The number of benzene rings is 1. The van der Waals surface area contributed by atoms with E-state index in [2.05, 4.69) is 18.7 Å². The lowest BCUT2D eigenvalue weighted by atomic mass is 9.87. The predicted octanol–water partition coefficient (Wildman–Crippen LogP) is 2.46. The van der Waals surface area contributed by atoms with Crippen LogP contribution in [0.15, 0.2) is 18.2 Å². The van der Waals surface area contributed by atoms with Crippen molar-refractivity contribution >= 4 is 0 Å². The van der Waals surface area contributed by atoms with Gasteiger partial charge < -0.3 is 10.5 Å². The van der Waals surface area contributed by atoms with E-state index in [4.69, 9.17) is 10.5 Å². The van der Waals surface area contributed by atoms with Gasteiger partial charge in [-0.1, -0.05) is 6.07 Å². The van der Waals surface area contributed by atoms with Gasteiger partial charge in [0.15, 0.2) is 0 Å². The number of nitrogens with two attached hydrogens (primary N) is 1. The molecular weight excluding hydrogens is 243 g/mol. The molecule has 1 unspecified atom stereocenters. The minimum absolute atomic E-state index is 0.0588. The highest BCUT2D eigenvalue weighted by Gasteiger charge is 2.45. The summed E-state index contributed by atoms with van der Waals surface area (Å²) in [7, 11) is 0. The lowest BCUT2D eigenvalue weighted by Gasteiger charge is -2.39. The minimum atomic E-state index is -0.262. The summed E-state index contributed by atoms with van der Waals surface area (Å²) in [4.78, 5) is 2.40. The van der Waals surface area contributed by atoms with Crippen LogP contribution < -0.4 is 10.5 Å². The molecule has 0 amide bonds. The molecule has 0 bridgehead atoms. The molecule has 19 heavy (non-hydrogen) atoms. The van der Waals surface area contributed by atoms with Crippen LogP contribution in [0.25, 0.3) is 0 Å². The van der Waals surface area contributed by atoms with Gasteiger partial charge in [0.25, 0.3) is 0 Å². The van der Waals surface area contributed by atoms with Crippen molar-refractivity contribution in [2.45, 2.75) is 44.4 Å². The fourth-order valence-electron chi connectivity index (χ4n) is 3.25. The molecule has 2 aliphatic rings. The Kier molecular flexibility index (Phi) is 3.02. The summed E-state index contributed by atoms with van der Waals surface area (Å²) in [5.41, 5.74) is 6.95. The molecule has 0 aromatic heterocycles. The molecule has 3 nitrogen and oxygen atoms in total. The molecule has 104 valence electrons. The SMILES string of the molecule is CC(C)N1CCC2(C[C@H](N)c3ccc(F)cc3O2)C1. The second-order valence-electron chi connectivity index (χ2n) is 6.09. The summed E-state index contributed by atoms with van der Waals surface area (Å²) in [6, 6.07) is 5.12. The molecule has 0 radical (unpaired) electrons. The Balaban J connectivity index is 1.88. The number of hydrogen-bond acceptors (Lipinski definition) is 3. The number of hydrogen-bond donors (Lipinski definition) is 1. The summed E-state index contributed by atoms with van der Waals surface area (Å²) in [5.74, 6) is 0.367. The quantitative estimate of drug-likeness (QED) is 0.847. The number of rotatable bonds is 1. The van der Waals surface area contributed by atoms with Crippen molar-refractivity contribution in [1.82, 2.24) is 4.90 Å². The van der Waals surface area contributed by atoms with E-state index in [0.29, 0.717) is 11.8 Å². The Hall–Kier alpha value is -1.13. The maximum atomic E-state index is 13.4. The summed E-state index contributed by atoms with van der Waals surface area (Å²) in [6.45, 7) is 6.29. The van der Waals surface area contributed by atoms with E-state index in [0.717, 1.165) is 31.5 Å². The second kappa shape index (κ2) is 4.46. The zero-order valence-corrected chi connectivity index (χ0v) is 11.5. The van der Waals surface area contributed by atoms with Gasteiger partial charge in [-0.15, -0.1) is 0 Å². The number of fused-ring (bicyclic) bond motifs is 1. The van der Waals surface area contributed by atoms with Crippen LogP contribution in [0.4, 0.5) is 4.39 Å². The Bertz CT molecular complexity index is 491. The van der Waals surface area contributed by atoms with E-state index in [1.54, 1.807) is 6.07 Å². The third-order valence-electron chi connectivity index (χ3n) is 4.37.